The fourth-order valence-corrected chi connectivity index (χ4v) is 5.19. The molecule has 2 aromatic carbocycles. The maximum absolute atomic E-state index is 12.3. The zero-order valence-electron chi connectivity index (χ0n) is 15.9. The fraction of sp³-hybridized carbons (Fsp3) is 0.273. The van der Waals surface area contributed by atoms with E-state index in [0.717, 1.165) is 41.8 Å². The molecule has 0 radical (unpaired) electrons. The second-order valence-electron chi connectivity index (χ2n) is 6.94. The number of carbonyl (C=O) groups is 1. The first-order valence-electron chi connectivity index (χ1n) is 9.40. The van der Waals surface area contributed by atoms with Gasteiger partial charge in [-0.05, 0) is 24.1 Å². The summed E-state index contributed by atoms with van der Waals surface area (Å²) in [6.45, 7) is 4.92. The number of nitrogens with zero attached hydrogens (tertiary/aromatic N) is 2. The number of nitrogens with one attached hydrogen (secondary N) is 1. The fourth-order valence-electron chi connectivity index (χ4n) is 3.30. The number of amides is 1. The van der Waals surface area contributed by atoms with Crippen LogP contribution >= 0.6 is 23.1 Å². The van der Waals surface area contributed by atoms with Crippen LogP contribution in [0.15, 0.2) is 59.5 Å². The minimum absolute atomic E-state index is 0.000455. The van der Waals surface area contributed by atoms with Crippen molar-refractivity contribution in [2.24, 2.45) is 0 Å². The van der Waals surface area contributed by atoms with Crippen LogP contribution in [0.5, 0.6) is 0 Å². The SMILES string of the molecule is Cc1ccccc1SCC(=O)Nc1nc2c(s1)CN(Cc1ccccc1)CC2. The summed E-state index contributed by atoms with van der Waals surface area (Å²) in [4.78, 5) is 21.8. The Morgan fingerprint density at radius 3 is 2.79 bits per heavy atom. The van der Waals surface area contributed by atoms with Gasteiger partial charge in [-0.15, -0.1) is 23.1 Å². The lowest BCUT2D eigenvalue weighted by molar-refractivity contribution is -0.113. The monoisotopic (exact) mass is 409 g/mol. The minimum atomic E-state index is 0.000455. The largest absolute Gasteiger partial charge is 0.301 e. The number of rotatable bonds is 6. The van der Waals surface area contributed by atoms with Crippen molar-refractivity contribution in [1.29, 1.82) is 0 Å². The van der Waals surface area contributed by atoms with Crippen molar-refractivity contribution in [3.63, 3.8) is 0 Å². The summed E-state index contributed by atoms with van der Waals surface area (Å²) in [5, 5.41) is 3.71. The Kier molecular flexibility index (Phi) is 6.10. The van der Waals surface area contributed by atoms with Gasteiger partial charge in [0.25, 0.3) is 0 Å². The molecule has 6 heteroatoms. The topological polar surface area (TPSA) is 45.2 Å². The third-order valence-electron chi connectivity index (χ3n) is 4.76. The van der Waals surface area contributed by atoms with Crippen molar-refractivity contribution < 1.29 is 4.79 Å². The normalized spacial score (nSPS) is 13.9. The highest BCUT2D eigenvalue weighted by molar-refractivity contribution is 8.00. The van der Waals surface area contributed by atoms with Gasteiger partial charge in [-0.25, -0.2) is 4.98 Å². The molecule has 0 saturated carbocycles. The summed E-state index contributed by atoms with van der Waals surface area (Å²) in [6.07, 6.45) is 0.937. The molecular formula is C22H23N3OS2. The molecule has 4 rings (SSSR count). The molecule has 0 fully saturated rings. The van der Waals surface area contributed by atoms with Crippen molar-refractivity contribution in [1.82, 2.24) is 9.88 Å². The lowest BCUT2D eigenvalue weighted by atomic mass is 10.1. The molecule has 0 atom stereocenters. The van der Waals surface area contributed by atoms with Crippen LogP contribution in [0.3, 0.4) is 0 Å². The Morgan fingerprint density at radius 1 is 1.18 bits per heavy atom. The van der Waals surface area contributed by atoms with Crippen LogP contribution in [-0.4, -0.2) is 28.1 Å². The van der Waals surface area contributed by atoms with E-state index in [1.165, 1.54) is 16.0 Å². The second kappa shape index (κ2) is 8.90. The first kappa shape index (κ1) is 19.2. The maximum atomic E-state index is 12.3. The summed E-state index contributed by atoms with van der Waals surface area (Å²) in [6, 6.07) is 18.7. The van der Waals surface area contributed by atoms with Crippen molar-refractivity contribution in [2.75, 3.05) is 17.6 Å². The number of aromatic nitrogens is 1. The Labute approximate surface area is 174 Å². The van der Waals surface area contributed by atoms with E-state index in [-0.39, 0.29) is 5.91 Å². The molecule has 0 aliphatic carbocycles. The molecule has 2 heterocycles. The maximum Gasteiger partial charge on any atom is 0.236 e. The molecule has 28 heavy (non-hydrogen) atoms. The van der Waals surface area contributed by atoms with Crippen molar-refractivity contribution in [3.8, 4) is 0 Å². The van der Waals surface area contributed by atoms with Crippen LogP contribution in [0.25, 0.3) is 0 Å². The molecule has 0 spiro atoms. The quantitative estimate of drug-likeness (QED) is 0.597. The van der Waals surface area contributed by atoms with Crippen LogP contribution < -0.4 is 5.32 Å². The number of thioether (sulfide) groups is 1. The highest BCUT2D eigenvalue weighted by atomic mass is 32.2. The number of anilines is 1. The molecule has 0 bridgehead atoms. The summed E-state index contributed by atoms with van der Waals surface area (Å²) < 4.78 is 0. The van der Waals surface area contributed by atoms with Crippen LogP contribution in [0.4, 0.5) is 5.13 Å². The van der Waals surface area contributed by atoms with Crippen LogP contribution in [0.2, 0.25) is 0 Å². The first-order chi connectivity index (χ1) is 13.7. The Balaban J connectivity index is 1.32. The van der Waals surface area contributed by atoms with Crippen LogP contribution in [0, 0.1) is 6.92 Å². The summed E-state index contributed by atoms with van der Waals surface area (Å²) in [5.41, 5.74) is 3.66. The van der Waals surface area contributed by atoms with Gasteiger partial charge < -0.3 is 5.32 Å². The summed E-state index contributed by atoms with van der Waals surface area (Å²) in [7, 11) is 0. The number of fused-ring (bicyclic) bond motifs is 1. The molecule has 4 nitrogen and oxygen atoms in total. The lowest BCUT2D eigenvalue weighted by Gasteiger charge is -2.25. The molecule has 1 aliphatic heterocycles. The first-order valence-corrected chi connectivity index (χ1v) is 11.2. The average Bonchev–Trinajstić information content (AvgIpc) is 3.09. The lowest BCUT2D eigenvalue weighted by Crippen LogP contribution is -2.29. The van der Waals surface area contributed by atoms with E-state index in [2.05, 4.69) is 58.5 Å². The standard InChI is InChI=1S/C22H23N3OS2/c1-16-7-5-6-10-19(16)27-15-21(26)24-22-23-18-11-12-25(14-20(18)28-22)13-17-8-3-2-4-9-17/h2-10H,11-15H2,1H3,(H,23,24,26). The van der Waals surface area contributed by atoms with Gasteiger partial charge in [0.15, 0.2) is 5.13 Å². The van der Waals surface area contributed by atoms with Crippen LogP contribution in [-0.2, 0) is 24.3 Å². The Bertz CT molecular complexity index is 955. The molecule has 1 aliphatic rings. The second-order valence-corrected chi connectivity index (χ2v) is 9.04. The van der Waals surface area contributed by atoms with E-state index in [9.17, 15) is 4.79 Å². The molecule has 0 saturated heterocycles. The predicted octanol–water partition coefficient (Wildman–Crippen LogP) is 4.74. The smallest absolute Gasteiger partial charge is 0.236 e. The van der Waals surface area contributed by atoms with Gasteiger partial charge in [0.05, 0.1) is 11.4 Å². The van der Waals surface area contributed by atoms with Crippen molar-refractivity contribution in [3.05, 3.63) is 76.3 Å². The molecule has 1 aromatic heterocycles. The number of hydrogen-bond acceptors (Lipinski definition) is 5. The Hall–Kier alpha value is -2.15. The highest BCUT2D eigenvalue weighted by Gasteiger charge is 2.21. The number of thiazole rings is 1. The van der Waals surface area contributed by atoms with Gasteiger partial charge in [-0.1, -0.05) is 48.5 Å². The van der Waals surface area contributed by atoms with E-state index in [4.69, 9.17) is 0 Å². The van der Waals surface area contributed by atoms with E-state index < -0.39 is 0 Å². The van der Waals surface area contributed by atoms with E-state index >= 15 is 0 Å². The zero-order chi connectivity index (χ0) is 19.3. The molecule has 1 N–H and O–H groups in total. The van der Waals surface area contributed by atoms with Gasteiger partial charge in [-0.3, -0.25) is 9.69 Å². The van der Waals surface area contributed by atoms with Crippen molar-refractivity contribution >= 4 is 34.1 Å². The minimum Gasteiger partial charge on any atom is -0.301 e. The van der Waals surface area contributed by atoms with Crippen molar-refractivity contribution in [2.45, 2.75) is 31.3 Å². The molecule has 1 amide bonds. The van der Waals surface area contributed by atoms with E-state index in [1.807, 2.05) is 18.2 Å². The number of benzene rings is 2. The summed E-state index contributed by atoms with van der Waals surface area (Å²) >= 11 is 3.18. The van der Waals surface area contributed by atoms with E-state index in [0.29, 0.717) is 5.75 Å². The molecule has 0 unspecified atom stereocenters. The van der Waals surface area contributed by atoms with Gasteiger partial charge >= 0.3 is 0 Å². The number of aryl methyl sites for hydroxylation is 1. The van der Waals surface area contributed by atoms with Crippen LogP contribution in [0.1, 0.15) is 21.7 Å². The van der Waals surface area contributed by atoms with Gasteiger partial charge in [0, 0.05) is 35.8 Å². The van der Waals surface area contributed by atoms with Gasteiger partial charge in [-0.2, -0.15) is 0 Å². The molecular weight excluding hydrogens is 386 g/mol. The highest BCUT2D eigenvalue weighted by Crippen LogP contribution is 2.29. The zero-order valence-corrected chi connectivity index (χ0v) is 17.5. The molecule has 3 aromatic rings. The number of carbonyl (C=O) groups excluding carboxylic acids is 1. The molecule has 144 valence electrons. The summed E-state index contributed by atoms with van der Waals surface area (Å²) in [5.74, 6) is 0.399. The third-order valence-corrected chi connectivity index (χ3v) is 6.93. The third kappa shape index (κ3) is 4.82. The average molecular weight is 410 g/mol. The number of hydrogen-bond donors (Lipinski definition) is 1. The predicted molar refractivity (Wildman–Crippen MR) is 117 cm³/mol. The van der Waals surface area contributed by atoms with Gasteiger partial charge in [0.1, 0.15) is 0 Å². The van der Waals surface area contributed by atoms with Gasteiger partial charge in [0.2, 0.25) is 5.91 Å². The Morgan fingerprint density at radius 2 is 1.96 bits per heavy atom. The van der Waals surface area contributed by atoms with E-state index in [1.54, 1.807) is 23.1 Å².